The van der Waals surface area contributed by atoms with E-state index in [1.807, 2.05) is 12.1 Å². The van der Waals surface area contributed by atoms with Crippen molar-refractivity contribution in [2.45, 2.75) is 37.8 Å². The van der Waals surface area contributed by atoms with Crippen LogP contribution in [0.5, 0.6) is 0 Å². The number of hydrogen-bond donors (Lipinski definition) is 1. The molecule has 0 spiro atoms. The van der Waals surface area contributed by atoms with Crippen molar-refractivity contribution in [2.75, 3.05) is 13.1 Å². The van der Waals surface area contributed by atoms with E-state index in [4.69, 9.17) is 17.3 Å². The molecule has 0 amide bonds. The molecule has 1 aromatic rings. The Morgan fingerprint density at radius 2 is 2.06 bits per heavy atom. The lowest BCUT2D eigenvalue weighted by Crippen LogP contribution is -2.37. The van der Waals surface area contributed by atoms with Gasteiger partial charge < -0.3 is 5.73 Å². The summed E-state index contributed by atoms with van der Waals surface area (Å²) in [5.41, 5.74) is 7.31. The zero-order valence-electron chi connectivity index (χ0n) is 10.7. The van der Waals surface area contributed by atoms with Crippen molar-refractivity contribution in [1.82, 2.24) is 4.90 Å². The average Bonchev–Trinajstić information content (AvgIpc) is 3.23. The number of rotatable bonds is 6. The van der Waals surface area contributed by atoms with Crippen molar-refractivity contribution in [3.63, 3.8) is 0 Å². The van der Waals surface area contributed by atoms with Crippen LogP contribution in [0.2, 0.25) is 5.02 Å². The number of benzene rings is 1. The van der Waals surface area contributed by atoms with Crippen LogP contribution < -0.4 is 5.73 Å². The molecule has 2 aliphatic rings. The van der Waals surface area contributed by atoms with Crippen LogP contribution in [0.3, 0.4) is 0 Å². The normalized spacial score (nSPS) is 21.3. The van der Waals surface area contributed by atoms with E-state index in [0.29, 0.717) is 12.6 Å². The van der Waals surface area contributed by atoms with Crippen LogP contribution in [0.4, 0.5) is 0 Å². The van der Waals surface area contributed by atoms with E-state index in [9.17, 15) is 0 Å². The highest BCUT2D eigenvalue weighted by Gasteiger charge is 2.37. The minimum absolute atomic E-state index is 0.344. The van der Waals surface area contributed by atoms with Crippen LogP contribution in [-0.4, -0.2) is 24.0 Å². The summed E-state index contributed by atoms with van der Waals surface area (Å²) in [4.78, 5) is 2.63. The third-order valence-electron chi connectivity index (χ3n) is 4.04. The zero-order valence-corrected chi connectivity index (χ0v) is 11.4. The number of nitrogens with zero attached hydrogens (tertiary/aromatic N) is 1. The van der Waals surface area contributed by atoms with Gasteiger partial charge in [-0.1, -0.05) is 23.7 Å². The lowest BCUT2D eigenvalue weighted by Gasteiger charge is -2.31. The molecule has 1 atom stereocenters. The molecule has 0 aliphatic heterocycles. The second-order valence-electron chi connectivity index (χ2n) is 5.68. The highest BCUT2D eigenvalue weighted by atomic mass is 35.5. The summed E-state index contributed by atoms with van der Waals surface area (Å²) in [6.07, 6.45) is 5.47. The van der Waals surface area contributed by atoms with Crippen LogP contribution in [0.1, 0.15) is 37.3 Å². The van der Waals surface area contributed by atoms with E-state index in [2.05, 4.69) is 17.0 Å². The molecule has 3 heteroatoms. The summed E-state index contributed by atoms with van der Waals surface area (Å²) < 4.78 is 0. The van der Waals surface area contributed by atoms with Gasteiger partial charge in [-0.15, -0.1) is 0 Å². The van der Waals surface area contributed by atoms with Crippen LogP contribution in [0.25, 0.3) is 0 Å². The Bertz CT molecular complexity index is 413. The number of hydrogen-bond acceptors (Lipinski definition) is 2. The van der Waals surface area contributed by atoms with Crippen molar-refractivity contribution in [1.29, 1.82) is 0 Å². The summed E-state index contributed by atoms with van der Waals surface area (Å²) in [6, 6.07) is 9.30. The van der Waals surface area contributed by atoms with Crippen molar-refractivity contribution in [3.05, 3.63) is 34.9 Å². The molecule has 0 heterocycles. The molecule has 0 radical (unpaired) electrons. The largest absolute Gasteiger partial charge is 0.329 e. The molecule has 18 heavy (non-hydrogen) atoms. The third kappa shape index (κ3) is 2.87. The molecular formula is C15H21ClN2. The fraction of sp³-hybridized carbons (Fsp3) is 0.600. The molecular weight excluding hydrogens is 244 g/mol. The minimum atomic E-state index is 0.344. The lowest BCUT2D eigenvalue weighted by atomic mass is 10.0. The maximum atomic E-state index is 6.10. The molecule has 98 valence electrons. The predicted molar refractivity (Wildman–Crippen MR) is 75.7 cm³/mol. The van der Waals surface area contributed by atoms with Gasteiger partial charge in [-0.25, -0.2) is 0 Å². The molecule has 2 nitrogen and oxygen atoms in total. The smallest absolute Gasteiger partial charge is 0.0474 e. The van der Waals surface area contributed by atoms with Crippen molar-refractivity contribution < 1.29 is 0 Å². The number of halogens is 1. The fourth-order valence-corrected chi connectivity index (χ4v) is 2.91. The van der Waals surface area contributed by atoms with Gasteiger partial charge >= 0.3 is 0 Å². The minimum Gasteiger partial charge on any atom is -0.329 e. The Morgan fingerprint density at radius 3 is 2.61 bits per heavy atom. The Hall–Kier alpha value is -0.570. The summed E-state index contributed by atoms with van der Waals surface area (Å²) in [7, 11) is 0. The molecule has 0 saturated heterocycles. The topological polar surface area (TPSA) is 29.3 Å². The molecule has 3 rings (SSSR count). The van der Waals surface area contributed by atoms with Gasteiger partial charge in [-0.2, -0.15) is 0 Å². The molecule has 2 N–H and O–H groups in total. The Kier molecular flexibility index (Phi) is 3.60. The van der Waals surface area contributed by atoms with Gasteiger partial charge in [0.15, 0.2) is 0 Å². The highest BCUT2D eigenvalue weighted by molar-refractivity contribution is 6.30. The van der Waals surface area contributed by atoms with Gasteiger partial charge in [-0.05, 0) is 49.3 Å². The molecule has 0 bridgehead atoms. The van der Waals surface area contributed by atoms with E-state index >= 15 is 0 Å². The summed E-state index contributed by atoms with van der Waals surface area (Å²) in [5.74, 6) is 0.916. The maximum Gasteiger partial charge on any atom is 0.0474 e. The quantitative estimate of drug-likeness (QED) is 0.855. The van der Waals surface area contributed by atoms with E-state index in [1.165, 1.54) is 37.8 Å². The number of nitrogens with two attached hydrogens (primary N) is 1. The highest BCUT2D eigenvalue weighted by Crippen LogP contribution is 2.39. The van der Waals surface area contributed by atoms with Gasteiger partial charge in [-0.3, -0.25) is 4.90 Å². The average molecular weight is 265 g/mol. The fourth-order valence-electron chi connectivity index (χ4n) is 2.71. The molecule has 1 aromatic carbocycles. The van der Waals surface area contributed by atoms with Crippen LogP contribution in [0.15, 0.2) is 24.3 Å². The Morgan fingerprint density at radius 1 is 1.28 bits per heavy atom. The maximum absolute atomic E-state index is 6.10. The van der Waals surface area contributed by atoms with Crippen LogP contribution >= 0.6 is 11.6 Å². The molecule has 2 fully saturated rings. The third-order valence-corrected chi connectivity index (χ3v) is 4.27. The van der Waals surface area contributed by atoms with E-state index in [1.54, 1.807) is 0 Å². The van der Waals surface area contributed by atoms with Gasteiger partial charge in [0.1, 0.15) is 0 Å². The van der Waals surface area contributed by atoms with E-state index < -0.39 is 0 Å². The summed E-state index contributed by atoms with van der Waals surface area (Å²) in [6.45, 7) is 1.91. The Balaban J connectivity index is 1.79. The van der Waals surface area contributed by atoms with Crippen LogP contribution in [-0.2, 0) is 0 Å². The summed E-state index contributed by atoms with van der Waals surface area (Å²) in [5, 5.41) is 0.813. The standard InChI is InChI=1S/C15H21ClN2/c16-13-3-1-2-12(8-13)15(9-17)18(14-6-7-14)10-11-4-5-11/h1-3,8,11,14-15H,4-7,9-10,17H2. The van der Waals surface area contributed by atoms with Crippen LogP contribution in [0, 0.1) is 5.92 Å². The Labute approximate surface area is 114 Å². The van der Waals surface area contributed by atoms with Gasteiger partial charge in [0.2, 0.25) is 0 Å². The van der Waals surface area contributed by atoms with Crippen molar-refractivity contribution in [2.24, 2.45) is 11.7 Å². The predicted octanol–water partition coefficient (Wildman–Crippen LogP) is 3.21. The first-order valence-corrected chi connectivity index (χ1v) is 7.37. The first-order chi connectivity index (χ1) is 8.78. The molecule has 1 unspecified atom stereocenters. The second kappa shape index (κ2) is 5.20. The second-order valence-corrected chi connectivity index (χ2v) is 6.11. The van der Waals surface area contributed by atoms with Gasteiger partial charge in [0, 0.05) is 30.2 Å². The molecule has 2 aliphatic carbocycles. The van der Waals surface area contributed by atoms with E-state index in [0.717, 1.165) is 17.0 Å². The monoisotopic (exact) mass is 264 g/mol. The van der Waals surface area contributed by atoms with Gasteiger partial charge in [0.25, 0.3) is 0 Å². The summed E-state index contributed by atoms with van der Waals surface area (Å²) >= 11 is 6.10. The first-order valence-electron chi connectivity index (χ1n) is 6.99. The zero-order chi connectivity index (χ0) is 12.5. The molecule has 2 saturated carbocycles. The lowest BCUT2D eigenvalue weighted by molar-refractivity contribution is 0.183. The van der Waals surface area contributed by atoms with Crippen molar-refractivity contribution >= 4 is 11.6 Å². The SMILES string of the molecule is NCC(c1cccc(Cl)c1)N(CC1CC1)C1CC1. The first kappa shape index (κ1) is 12.5. The van der Waals surface area contributed by atoms with E-state index in [-0.39, 0.29) is 0 Å². The van der Waals surface area contributed by atoms with Gasteiger partial charge in [0.05, 0.1) is 0 Å². The van der Waals surface area contributed by atoms with Crippen molar-refractivity contribution in [3.8, 4) is 0 Å². The molecule has 0 aromatic heterocycles.